The highest BCUT2D eigenvalue weighted by atomic mass is 16.6. The number of amides is 2. The van der Waals surface area contributed by atoms with E-state index in [1.54, 1.807) is 4.90 Å². The molecule has 2 aromatic carbocycles. The summed E-state index contributed by atoms with van der Waals surface area (Å²) >= 11 is 0. The molecule has 2 aliphatic rings. The van der Waals surface area contributed by atoms with Crippen LogP contribution in [0.5, 0.6) is 5.75 Å². The Balaban J connectivity index is 1.43. The van der Waals surface area contributed by atoms with Crippen LogP contribution >= 0.6 is 0 Å². The number of hydrogen-bond donors (Lipinski definition) is 3. The van der Waals surface area contributed by atoms with E-state index in [1.165, 1.54) is 0 Å². The van der Waals surface area contributed by atoms with E-state index in [0.29, 0.717) is 18.7 Å². The fraction of sp³-hybridized carbons (Fsp3) is 0.462. The lowest BCUT2D eigenvalue weighted by Crippen LogP contribution is -2.47. The van der Waals surface area contributed by atoms with Crippen LogP contribution < -0.4 is 15.4 Å². The maximum atomic E-state index is 12.8. The van der Waals surface area contributed by atoms with Gasteiger partial charge in [-0.2, -0.15) is 0 Å². The van der Waals surface area contributed by atoms with Crippen molar-refractivity contribution in [2.75, 3.05) is 32.6 Å². The molecule has 8 nitrogen and oxygen atoms in total. The van der Waals surface area contributed by atoms with Gasteiger partial charge in [0.15, 0.2) is 0 Å². The number of nitrogens with zero attached hydrogens (tertiary/aromatic N) is 1. The molecule has 2 heterocycles. The van der Waals surface area contributed by atoms with E-state index in [-0.39, 0.29) is 49.0 Å². The summed E-state index contributed by atoms with van der Waals surface area (Å²) in [6.45, 7) is 2.05. The molecule has 4 rings (SSSR count). The monoisotopic (exact) mass is 467 g/mol. The second kappa shape index (κ2) is 10.5. The van der Waals surface area contributed by atoms with Crippen molar-refractivity contribution in [3.63, 3.8) is 0 Å². The summed E-state index contributed by atoms with van der Waals surface area (Å²) in [6, 6.07) is 15.3. The van der Waals surface area contributed by atoms with Crippen molar-refractivity contribution < 1.29 is 24.2 Å². The first kappa shape index (κ1) is 24.2. The topological polar surface area (TPSA) is 100 Å². The minimum Gasteiger partial charge on any atom is -0.487 e. The van der Waals surface area contributed by atoms with Crippen LogP contribution in [0, 0.1) is 0 Å². The highest BCUT2D eigenvalue weighted by Gasteiger charge is 2.46. The molecule has 0 saturated carbocycles. The highest BCUT2D eigenvalue weighted by Crippen LogP contribution is 2.47. The van der Waals surface area contributed by atoms with E-state index >= 15 is 0 Å². The zero-order valence-corrected chi connectivity index (χ0v) is 19.9. The number of hydrogen-bond acceptors (Lipinski definition) is 6. The third-order valence-electron chi connectivity index (χ3n) is 6.33. The van der Waals surface area contributed by atoms with Gasteiger partial charge in [-0.3, -0.25) is 9.59 Å². The van der Waals surface area contributed by atoms with Gasteiger partial charge in [0.05, 0.1) is 31.7 Å². The molecule has 5 atom stereocenters. The second-order valence-corrected chi connectivity index (χ2v) is 9.35. The number of rotatable bonds is 8. The van der Waals surface area contributed by atoms with Gasteiger partial charge >= 0.3 is 0 Å². The number of benzene rings is 2. The van der Waals surface area contributed by atoms with Gasteiger partial charge < -0.3 is 30.1 Å². The Morgan fingerprint density at radius 2 is 1.91 bits per heavy atom. The van der Waals surface area contributed by atoms with Crippen LogP contribution in [0.15, 0.2) is 48.5 Å². The van der Waals surface area contributed by atoms with E-state index in [9.17, 15) is 14.7 Å². The van der Waals surface area contributed by atoms with Crippen molar-refractivity contribution in [3.8, 4) is 5.75 Å². The molecule has 1 saturated heterocycles. The molecular formula is C26H33N3O5. The fourth-order valence-corrected chi connectivity index (χ4v) is 4.79. The second-order valence-electron chi connectivity index (χ2n) is 9.35. The van der Waals surface area contributed by atoms with Gasteiger partial charge in [0, 0.05) is 17.2 Å². The Morgan fingerprint density at radius 1 is 1.15 bits per heavy atom. The molecule has 0 spiro atoms. The van der Waals surface area contributed by atoms with E-state index in [0.717, 1.165) is 16.9 Å². The first-order chi connectivity index (χ1) is 16.3. The van der Waals surface area contributed by atoms with E-state index in [4.69, 9.17) is 9.47 Å². The van der Waals surface area contributed by atoms with Gasteiger partial charge in [0.1, 0.15) is 18.0 Å². The Bertz CT molecular complexity index is 1010. The number of ether oxygens (including phenoxy) is 2. The minimum atomic E-state index is -0.526. The Hall–Kier alpha value is -2.94. The minimum absolute atomic E-state index is 0.0315. The summed E-state index contributed by atoms with van der Waals surface area (Å²) < 4.78 is 12.2. The van der Waals surface area contributed by atoms with Crippen molar-refractivity contribution in [1.29, 1.82) is 0 Å². The Kier molecular flexibility index (Phi) is 7.50. The number of aliphatic hydroxyl groups excluding tert-OH is 1. The number of aliphatic hydroxyl groups is 1. The van der Waals surface area contributed by atoms with Crippen molar-refractivity contribution in [1.82, 2.24) is 10.2 Å². The summed E-state index contributed by atoms with van der Waals surface area (Å²) in [6.07, 6.45) is -0.400. The fourth-order valence-electron chi connectivity index (χ4n) is 4.79. The smallest absolute Gasteiger partial charge is 0.238 e. The average Bonchev–Trinajstić information content (AvgIpc) is 3.16. The summed E-state index contributed by atoms with van der Waals surface area (Å²) in [5, 5.41) is 15.9. The third kappa shape index (κ3) is 5.58. The lowest BCUT2D eigenvalue weighted by Gasteiger charge is -2.37. The largest absolute Gasteiger partial charge is 0.487 e. The van der Waals surface area contributed by atoms with E-state index in [1.807, 2.05) is 69.6 Å². The summed E-state index contributed by atoms with van der Waals surface area (Å²) in [5.41, 5.74) is 2.71. The molecule has 3 N–H and O–H groups in total. The normalized spacial score (nSPS) is 24.0. The first-order valence-corrected chi connectivity index (χ1v) is 11.7. The zero-order valence-electron chi connectivity index (χ0n) is 19.9. The molecule has 2 amide bonds. The Morgan fingerprint density at radius 3 is 2.62 bits per heavy atom. The van der Waals surface area contributed by atoms with Crippen LogP contribution in [0.4, 0.5) is 5.69 Å². The van der Waals surface area contributed by atoms with Crippen LogP contribution in [0.1, 0.15) is 42.9 Å². The van der Waals surface area contributed by atoms with Gasteiger partial charge in [-0.05, 0) is 51.2 Å². The van der Waals surface area contributed by atoms with Gasteiger partial charge in [-0.25, -0.2) is 0 Å². The van der Waals surface area contributed by atoms with Gasteiger partial charge in [0.25, 0.3) is 0 Å². The van der Waals surface area contributed by atoms with Crippen molar-refractivity contribution in [2.24, 2.45) is 0 Å². The summed E-state index contributed by atoms with van der Waals surface area (Å²) in [5.74, 6) is 0.504. The molecule has 8 heteroatoms. The number of likely N-dealkylation sites (N-methyl/N-ethyl adjacent to an activating group) is 1. The molecule has 34 heavy (non-hydrogen) atoms. The molecule has 2 aromatic rings. The predicted molar refractivity (Wildman–Crippen MR) is 129 cm³/mol. The maximum absolute atomic E-state index is 12.8. The number of anilines is 1. The molecule has 0 unspecified atom stereocenters. The molecular weight excluding hydrogens is 434 g/mol. The molecule has 0 bridgehead atoms. The molecule has 0 aromatic heterocycles. The predicted octanol–water partition coefficient (Wildman–Crippen LogP) is 2.45. The van der Waals surface area contributed by atoms with Gasteiger partial charge in [-0.15, -0.1) is 0 Å². The van der Waals surface area contributed by atoms with Gasteiger partial charge in [-0.1, -0.05) is 30.3 Å². The number of fused-ring (bicyclic) bond motifs is 3. The number of nitrogens with one attached hydrogen (secondary N) is 2. The average molecular weight is 468 g/mol. The third-order valence-corrected chi connectivity index (χ3v) is 6.33. The highest BCUT2D eigenvalue weighted by molar-refractivity contribution is 5.92. The molecule has 1 fully saturated rings. The van der Waals surface area contributed by atoms with Crippen LogP contribution in [-0.4, -0.2) is 67.4 Å². The van der Waals surface area contributed by atoms with Crippen LogP contribution in [0.3, 0.4) is 0 Å². The van der Waals surface area contributed by atoms with Crippen molar-refractivity contribution in [3.05, 3.63) is 59.7 Å². The maximum Gasteiger partial charge on any atom is 0.238 e. The number of carbonyl (C=O) groups excluding carboxylic acids is 2. The van der Waals surface area contributed by atoms with Crippen molar-refractivity contribution in [2.45, 2.75) is 50.0 Å². The van der Waals surface area contributed by atoms with E-state index in [2.05, 4.69) is 10.6 Å². The SMILES string of the molecule is C[C@H](NC(=O)C[C@@H]1C[C@H]2c3cc(NC(=O)CN(C)C)ccc3O[C@H]2[C@@H](CO)O1)c1ccccc1. The Labute approximate surface area is 200 Å². The van der Waals surface area contributed by atoms with Crippen LogP contribution in [0.2, 0.25) is 0 Å². The molecule has 182 valence electrons. The van der Waals surface area contributed by atoms with Crippen molar-refractivity contribution >= 4 is 17.5 Å². The zero-order chi connectivity index (χ0) is 24.2. The lowest BCUT2D eigenvalue weighted by molar-refractivity contribution is -0.142. The van der Waals surface area contributed by atoms with Gasteiger partial charge in [0.2, 0.25) is 11.8 Å². The first-order valence-electron chi connectivity index (χ1n) is 11.7. The van der Waals surface area contributed by atoms with E-state index < -0.39 is 6.10 Å². The van der Waals surface area contributed by atoms with Crippen LogP contribution in [0.25, 0.3) is 0 Å². The quantitative estimate of drug-likeness (QED) is 0.552. The molecule has 0 aliphatic carbocycles. The lowest BCUT2D eigenvalue weighted by atomic mass is 9.84. The van der Waals surface area contributed by atoms with Crippen LogP contribution in [-0.2, 0) is 14.3 Å². The summed E-state index contributed by atoms with van der Waals surface area (Å²) in [4.78, 5) is 26.7. The molecule has 2 aliphatic heterocycles. The molecule has 0 radical (unpaired) electrons. The summed E-state index contributed by atoms with van der Waals surface area (Å²) in [7, 11) is 3.68. The standard InChI is InChI=1S/C26H33N3O5/c1-16(17-7-5-4-6-8-17)27-24(31)13-19-12-21-20-11-18(28-25(32)14-29(2)3)9-10-22(20)34-26(21)23(15-30)33-19/h4-11,16,19,21,23,26,30H,12-15H2,1-3H3,(H,27,31)(H,28,32)/t16-,19-,21-,23+,26+/m0/s1. The number of carbonyl (C=O) groups is 2.